The number of rotatable bonds is 5. The topological polar surface area (TPSA) is 62.1 Å². The molecule has 0 spiro atoms. The minimum Gasteiger partial charge on any atom is -0.481 e. The van der Waals surface area contributed by atoms with Gasteiger partial charge in [0.25, 0.3) is 5.91 Å². The molecule has 1 amide bonds. The first kappa shape index (κ1) is 13.3. The number of halogens is 1. The van der Waals surface area contributed by atoms with Crippen molar-refractivity contribution >= 4 is 5.91 Å². The van der Waals surface area contributed by atoms with Crippen molar-refractivity contribution < 1.29 is 13.9 Å². The molecule has 0 heterocycles. The number of nitrogens with one attached hydrogen (secondary N) is 1. The van der Waals surface area contributed by atoms with Gasteiger partial charge in [-0.2, -0.15) is 5.26 Å². The van der Waals surface area contributed by atoms with Gasteiger partial charge in [0.1, 0.15) is 5.54 Å². The summed E-state index contributed by atoms with van der Waals surface area (Å²) in [6, 6.07) is 8.00. The maximum absolute atomic E-state index is 13.3. The molecule has 2 rings (SSSR count). The fourth-order valence-corrected chi connectivity index (χ4v) is 1.91. The van der Waals surface area contributed by atoms with Gasteiger partial charge < -0.3 is 10.1 Å². The van der Waals surface area contributed by atoms with Gasteiger partial charge in [-0.25, -0.2) is 4.39 Å². The molecule has 0 saturated heterocycles. The van der Waals surface area contributed by atoms with Crippen molar-refractivity contribution in [1.82, 2.24) is 5.32 Å². The molecule has 0 aromatic heterocycles. The summed E-state index contributed by atoms with van der Waals surface area (Å²) < 4.78 is 18.4. The van der Waals surface area contributed by atoms with Gasteiger partial charge in [-0.1, -0.05) is 12.1 Å². The summed E-state index contributed by atoms with van der Waals surface area (Å²) in [4.78, 5) is 11.7. The lowest BCUT2D eigenvalue weighted by Gasteiger charge is -2.22. The third-order valence-corrected chi connectivity index (χ3v) is 3.22. The first-order valence-electron chi connectivity index (χ1n) is 6.15. The average Bonchev–Trinajstić information content (AvgIpc) is 3.22. The van der Waals surface area contributed by atoms with Gasteiger partial charge in [-0.15, -0.1) is 0 Å². The summed E-state index contributed by atoms with van der Waals surface area (Å²) in [5.41, 5.74) is -0.852. The van der Waals surface area contributed by atoms with Crippen LogP contribution >= 0.6 is 0 Å². The van der Waals surface area contributed by atoms with Gasteiger partial charge in [-0.05, 0) is 37.8 Å². The highest BCUT2D eigenvalue weighted by atomic mass is 19.1. The molecule has 1 aliphatic carbocycles. The summed E-state index contributed by atoms with van der Waals surface area (Å²) in [7, 11) is 0. The van der Waals surface area contributed by atoms with Crippen LogP contribution in [0.3, 0.4) is 0 Å². The van der Waals surface area contributed by atoms with Crippen molar-refractivity contribution in [2.24, 2.45) is 5.92 Å². The Morgan fingerprint density at radius 3 is 2.84 bits per heavy atom. The Morgan fingerprint density at radius 1 is 1.58 bits per heavy atom. The Hall–Kier alpha value is -2.09. The second-order valence-electron chi connectivity index (χ2n) is 4.86. The molecule has 1 atom stereocenters. The SMILES string of the molecule is C[C@](C#N)(NC(=O)COc1ccccc1F)C1CC1. The molecule has 1 saturated carbocycles. The van der Waals surface area contributed by atoms with Crippen LogP contribution in [0.15, 0.2) is 24.3 Å². The Bertz CT molecular complexity index is 522. The number of carbonyl (C=O) groups is 1. The zero-order valence-electron chi connectivity index (χ0n) is 10.6. The fourth-order valence-electron chi connectivity index (χ4n) is 1.91. The normalized spacial score (nSPS) is 17.1. The van der Waals surface area contributed by atoms with Crippen molar-refractivity contribution in [3.63, 3.8) is 0 Å². The maximum atomic E-state index is 13.3. The van der Waals surface area contributed by atoms with E-state index in [4.69, 9.17) is 10.00 Å². The van der Waals surface area contributed by atoms with E-state index in [1.54, 1.807) is 19.1 Å². The Morgan fingerprint density at radius 2 is 2.26 bits per heavy atom. The summed E-state index contributed by atoms with van der Waals surface area (Å²) in [6.45, 7) is 1.40. The van der Waals surface area contributed by atoms with E-state index in [0.717, 1.165) is 12.8 Å². The van der Waals surface area contributed by atoms with Crippen LogP contribution < -0.4 is 10.1 Å². The number of para-hydroxylation sites is 1. The number of ether oxygens (including phenoxy) is 1. The van der Waals surface area contributed by atoms with Crippen LogP contribution in [-0.2, 0) is 4.79 Å². The van der Waals surface area contributed by atoms with Crippen LogP contribution in [0.1, 0.15) is 19.8 Å². The molecule has 1 fully saturated rings. The molecular formula is C14H15FN2O2. The number of carbonyl (C=O) groups excluding carboxylic acids is 1. The van der Waals surface area contributed by atoms with Crippen molar-refractivity contribution in [3.8, 4) is 11.8 Å². The highest BCUT2D eigenvalue weighted by Crippen LogP contribution is 2.39. The molecule has 5 heteroatoms. The molecular weight excluding hydrogens is 247 g/mol. The number of hydrogen-bond donors (Lipinski definition) is 1. The lowest BCUT2D eigenvalue weighted by atomic mass is 9.98. The molecule has 1 aliphatic rings. The number of benzene rings is 1. The van der Waals surface area contributed by atoms with E-state index < -0.39 is 17.3 Å². The van der Waals surface area contributed by atoms with Crippen molar-refractivity contribution in [3.05, 3.63) is 30.1 Å². The molecule has 1 aromatic carbocycles. The number of amides is 1. The molecule has 4 nitrogen and oxygen atoms in total. The second kappa shape index (κ2) is 5.27. The van der Waals surface area contributed by atoms with Gasteiger partial charge in [0, 0.05) is 0 Å². The fraction of sp³-hybridized carbons (Fsp3) is 0.429. The standard InChI is InChI=1S/C14H15FN2O2/c1-14(9-16,10-6-7-10)17-13(18)8-19-12-5-3-2-4-11(12)15/h2-5,10H,6-8H2,1H3,(H,17,18)/t14-/m1/s1. The first-order valence-corrected chi connectivity index (χ1v) is 6.15. The third kappa shape index (κ3) is 3.22. The lowest BCUT2D eigenvalue weighted by molar-refractivity contribution is -0.124. The molecule has 1 N–H and O–H groups in total. The van der Waals surface area contributed by atoms with E-state index in [2.05, 4.69) is 11.4 Å². The predicted octanol–water partition coefficient (Wildman–Crippen LogP) is 2.01. The second-order valence-corrected chi connectivity index (χ2v) is 4.86. The van der Waals surface area contributed by atoms with Crippen molar-refractivity contribution in [2.75, 3.05) is 6.61 Å². The van der Waals surface area contributed by atoms with E-state index in [1.807, 2.05) is 0 Å². The summed E-state index contributed by atoms with van der Waals surface area (Å²) in [5.74, 6) is -0.697. The Labute approximate surface area is 111 Å². The largest absolute Gasteiger partial charge is 0.481 e. The third-order valence-electron chi connectivity index (χ3n) is 3.22. The minimum absolute atomic E-state index is 0.0303. The first-order chi connectivity index (χ1) is 9.05. The quantitative estimate of drug-likeness (QED) is 0.883. The van der Waals surface area contributed by atoms with Crippen LogP contribution in [0.4, 0.5) is 4.39 Å². The lowest BCUT2D eigenvalue weighted by Crippen LogP contribution is -2.48. The molecule has 0 bridgehead atoms. The van der Waals surface area contributed by atoms with E-state index in [-0.39, 0.29) is 18.3 Å². The number of hydrogen-bond acceptors (Lipinski definition) is 3. The van der Waals surface area contributed by atoms with Gasteiger partial charge in [0.2, 0.25) is 0 Å². The van der Waals surface area contributed by atoms with Crippen LogP contribution in [0.5, 0.6) is 5.75 Å². The van der Waals surface area contributed by atoms with Crippen LogP contribution in [-0.4, -0.2) is 18.1 Å². The minimum atomic E-state index is -0.852. The van der Waals surface area contributed by atoms with E-state index in [9.17, 15) is 9.18 Å². The smallest absolute Gasteiger partial charge is 0.259 e. The average molecular weight is 262 g/mol. The number of nitriles is 1. The summed E-state index contributed by atoms with van der Waals surface area (Å²) in [6.07, 6.45) is 1.89. The summed E-state index contributed by atoms with van der Waals surface area (Å²) >= 11 is 0. The monoisotopic (exact) mass is 262 g/mol. The van der Waals surface area contributed by atoms with Crippen LogP contribution in [0.2, 0.25) is 0 Å². The maximum Gasteiger partial charge on any atom is 0.259 e. The number of nitrogens with zero attached hydrogens (tertiary/aromatic N) is 1. The molecule has 0 radical (unpaired) electrons. The molecule has 0 unspecified atom stereocenters. The van der Waals surface area contributed by atoms with E-state index >= 15 is 0 Å². The van der Waals surface area contributed by atoms with Gasteiger partial charge >= 0.3 is 0 Å². The van der Waals surface area contributed by atoms with E-state index in [0.29, 0.717) is 0 Å². The highest BCUT2D eigenvalue weighted by Gasteiger charge is 2.43. The van der Waals surface area contributed by atoms with E-state index in [1.165, 1.54) is 12.1 Å². The van der Waals surface area contributed by atoms with Crippen molar-refractivity contribution in [2.45, 2.75) is 25.3 Å². The summed E-state index contributed by atoms with van der Waals surface area (Å²) in [5, 5.41) is 11.8. The Balaban J connectivity index is 1.88. The van der Waals surface area contributed by atoms with Gasteiger partial charge in [0.05, 0.1) is 6.07 Å². The predicted molar refractivity (Wildman–Crippen MR) is 66.8 cm³/mol. The molecule has 0 aliphatic heterocycles. The van der Waals surface area contributed by atoms with Crippen LogP contribution in [0.25, 0.3) is 0 Å². The molecule has 100 valence electrons. The Kier molecular flexibility index (Phi) is 3.70. The zero-order valence-corrected chi connectivity index (χ0v) is 10.6. The van der Waals surface area contributed by atoms with Gasteiger partial charge in [0.15, 0.2) is 18.2 Å². The molecule has 19 heavy (non-hydrogen) atoms. The highest BCUT2D eigenvalue weighted by molar-refractivity contribution is 5.79. The molecule has 1 aromatic rings. The van der Waals surface area contributed by atoms with Crippen molar-refractivity contribution in [1.29, 1.82) is 5.26 Å². The zero-order chi connectivity index (χ0) is 13.9. The van der Waals surface area contributed by atoms with Crippen LogP contribution in [0, 0.1) is 23.1 Å². The van der Waals surface area contributed by atoms with Gasteiger partial charge in [-0.3, -0.25) is 4.79 Å².